The van der Waals surface area contributed by atoms with Crippen LogP contribution >= 0.6 is 0 Å². The Kier molecular flexibility index (Phi) is 4.65. The average molecular weight is 145 g/mol. The molecule has 0 radical (unpaired) electrons. The first-order valence-corrected chi connectivity index (χ1v) is 3.85. The van der Waals surface area contributed by atoms with Crippen molar-refractivity contribution < 1.29 is 5.11 Å². The van der Waals surface area contributed by atoms with Crippen LogP contribution in [0, 0.1) is 5.92 Å². The molecule has 0 rings (SSSR count). The molecule has 62 valence electrons. The minimum Gasteiger partial charge on any atom is -0.395 e. The SMILES string of the molecule is CC(C)C[C@@H](CO)N(C)C. The van der Waals surface area contributed by atoms with Gasteiger partial charge >= 0.3 is 0 Å². The molecular formula is C8H19NO. The van der Waals surface area contributed by atoms with Gasteiger partial charge in [-0.25, -0.2) is 0 Å². The molecule has 0 aromatic heterocycles. The standard InChI is InChI=1S/C8H19NO/c1-7(2)5-8(6-10)9(3)4/h7-8,10H,5-6H2,1-4H3/t8-/m0/s1. The van der Waals surface area contributed by atoms with Crippen LogP contribution in [0.5, 0.6) is 0 Å². The maximum atomic E-state index is 8.90. The van der Waals surface area contributed by atoms with Gasteiger partial charge in [-0.2, -0.15) is 0 Å². The topological polar surface area (TPSA) is 23.5 Å². The molecule has 0 saturated carbocycles. The van der Waals surface area contributed by atoms with Crippen LogP contribution in [-0.2, 0) is 0 Å². The van der Waals surface area contributed by atoms with E-state index in [1.807, 2.05) is 14.1 Å². The molecule has 2 nitrogen and oxygen atoms in total. The average Bonchev–Trinajstić information content (AvgIpc) is 1.81. The van der Waals surface area contributed by atoms with Crippen molar-refractivity contribution in [2.75, 3.05) is 20.7 Å². The van der Waals surface area contributed by atoms with E-state index in [-0.39, 0.29) is 6.61 Å². The zero-order valence-corrected chi connectivity index (χ0v) is 7.46. The van der Waals surface area contributed by atoms with Gasteiger partial charge < -0.3 is 10.0 Å². The van der Waals surface area contributed by atoms with Crippen molar-refractivity contribution in [2.24, 2.45) is 5.92 Å². The van der Waals surface area contributed by atoms with E-state index in [0.29, 0.717) is 12.0 Å². The minimum atomic E-state index is 0.269. The molecule has 0 fully saturated rings. The van der Waals surface area contributed by atoms with Crippen LogP contribution < -0.4 is 0 Å². The van der Waals surface area contributed by atoms with Gasteiger partial charge in [-0.05, 0) is 26.4 Å². The van der Waals surface area contributed by atoms with Gasteiger partial charge in [0.25, 0.3) is 0 Å². The van der Waals surface area contributed by atoms with Gasteiger partial charge in [0.05, 0.1) is 6.61 Å². The molecule has 0 heterocycles. The van der Waals surface area contributed by atoms with E-state index in [0.717, 1.165) is 6.42 Å². The molecule has 0 aromatic carbocycles. The molecule has 1 atom stereocenters. The molecule has 1 N–H and O–H groups in total. The lowest BCUT2D eigenvalue weighted by atomic mass is 10.0. The lowest BCUT2D eigenvalue weighted by Gasteiger charge is -2.23. The molecule has 10 heavy (non-hydrogen) atoms. The summed E-state index contributed by atoms with van der Waals surface area (Å²) in [4.78, 5) is 2.07. The second-order valence-electron chi connectivity index (χ2n) is 3.43. The molecule has 2 heteroatoms. The third-order valence-electron chi connectivity index (χ3n) is 1.68. The molecule has 0 saturated heterocycles. The molecule has 0 aliphatic carbocycles. The molecule has 0 aromatic rings. The fourth-order valence-corrected chi connectivity index (χ4v) is 0.993. The van der Waals surface area contributed by atoms with E-state index >= 15 is 0 Å². The first-order valence-electron chi connectivity index (χ1n) is 3.85. The third-order valence-corrected chi connectivity index (χ3v) is 1.68. The summed E-state index contributed by atoms with van der Waals surface area (Å²) in [6.07, 6.45) is 1.07. The van der Waals surface area contributed by atoms with Crippen LogP contribution in [0.25, 0.3) is 0 Å². The Bertz CT molecular complexity index is 81.3. The first kappa shape index (κ1) is 9.92. The maximum Gasteiger partial charge on any atom is 0.0586 e. The van der Waals surface area contributed by atoms with Crippen LogP contribution in [0.1, 0.15) is 20.3 Å². The lowest BCUT2D eigenvalue weighted by Crippen LogP contribution is -2.32. The van der Waals surface area contributed by atoms with Gasteiger partial charge in [-0.3, -0.25) is 0 Å². The summed E-state index contributed by atoms with van der Waals surface area (Å²) in [5, 5.41) is 8.90. The number of nitrogens with zero attached hydrogens (tertiary/aromatic N) is 1. The van der Waals surface area contributed by atoms with Crippen molar-refractivity contribution in [3.63, 3.8) is 0 Å². The minimum absolute atomic E-state index is 0.269. The summed E-state index contributed by atoms with van der Waals surface area (Å²) in [6, 6.07) is 0.333. The number of hydrogen-bond acceptors (Lipinski definition) is 2. The first-order chi connectivity index (χ1) is 4.57. The molecule has 0 amide bonds. The highest BCUT2D eigenvalue weighted by Crippen LogP contribution is 2.07. The van der Waals surface area contributed by atoms with Gasteiger partial charge in [0, 0.05) is 6.04 Å². The van der Waals surface area contributed by atoms with Crippen LogP contribution in [0.4, 0.5) is 0 Å². The van der Waals surface area contributed by atoms with Crippen molar-refractivity contribution >= 4 is 0 Å². The number of likely N-dealkylation sites (N-methyl/N-ethyl adjacent to an activating group) is 1. The summed E-state index contributed by atoms with van der Waals surface area (Å²) in [5.41, 5.74) is 0. The van der Waals surface area contributed by atoms with Gasteiger partial charge in [0.15, 0.2) is 0 Å². The van der Waals surface area contributed by atoms with Crippen LogP contribution in [-0.4, -0.2) is 36.8 Å². The fourth-order valence-electron chi connectivity index (χ4n) is 0.993. The van der Waals surface area contributed by atoms with Crippen LogP contribution in [0.15, 0.2) is 0 Å². The second kappa shape index (κ2) is 4.69. The number of aliphatic hydroxyl groups excluding tert-OH is 1. The highest BCUT2D eigenvalue weighted by Gasteiger charge is 2.10. The Balaban J connectivity index is 3.60. The summed E-state index contributed by atoms with van der Waals surface area (Å²) in [5.74, 6) is 0.666. The Morgan fingerprint density at radius 2 is 1.80 bits per heavy atom. The Hall–Kier alpha value is -0.0800. The van der Waals surface area contributed by atoms with E-state index in [1.165, 1.54) is 0 Å². The molecule has 0 spiro atoms. The zero-order chi connectivity index (χ0) is 8.15. The van der Waals surface area contributed by atoms with E-state index in [2.05, 4.69) is 18.7 Å². The molecule has 0 unspecified atom stereocenters. The Morgan fingerprint density at radius 3 is 1.90 bits per heavy atom. The second-order valence-corrected chi connectivity index (χ2v) is 3.43. The van der Waals surface area contributed by atoms with Crippen LogP contribution in [0.2, 0.25) is 0 Å². The molecular weight excluding hydrogens is 126 g/mol. The van der Waals surface area contributed by atoms with Crippen molar-refractivity contribution in [3.05, 3.63) is 0 Å². The zero-order valence-electron chi connectivity index (χ0n) is 7.46. The van der Waals surface area contributed by atoms with E-state index in [1.54, 1.807) is 0 Å². The Morgan fingerprint density at radius 1 is 1.30 bits per heavy atom. The molecule has 0 aliphatic heterocycles. The van der Waals surface area contributed by atoms with Gasteiger partial charge in [-0.15, -0.1) is 0 Å². The van der Waals surface area contributed by atoms with Crippen molar-refractivity contribution in [2.45, 2.75) is 26.3 Å². The van der Waals surface area contributed by atoms with Gasteiger partial charge in [0.1, 0.15) is 0 Å². The van der Waals surface area contributed by atoms with Crippen LogP contribution in [0.3, 0.4) is 0 Å². The normalized spacial score (nSPS) is 14.7. The summed E-state index contributed by atoms with van der Waals surface area (Å²) >= 11 is 0. The smallest absolute Gasteiger partial charge is 0.0586 e. The summed E-state index contributed by atoms with van der Waals surface area (Å²) < 4.78 is 0. The summed E-state index contributed by atoms with van der Waals surface area (Å²) in [7, 11) is 4.01. The molecule has 0 aliphatic rings. The quantitative estimate of drug-likeness (QED) is 0.637. The predicted octanol–water partition coefficient (Wildman–Crippen LogP) is 0.955. The van der Waals surface area contributed by atoms with E-state index < -0.39 is 0 Å². The van der Waals surface area contributed by atoms with E-state index in [4.69, 9.17) is 5.11 Å². The number of hydrogen-bond donors (Lipinski definition) is 1. The fraction of sp³-hybridized carbons (Fsp3) is 1.00. The third kappa shape index (κ3) is 3.85. The van der Waals surface area contributed by atoms with E-state index in [9.17, 15) is 0 Å². The lowest BCUT2D eigenvalue weighted by molar-refractivity contribution is 0.150. The summed E-state index contributed by atoms with van der Waals surface area (Å²) in [6.45, 7) is 4.61. The van der Waals surface area contributed by atoms with Gasteiger partial charge in [0.2, 0.25) is 0 Å². The van der Waals surface area contributed by atoms with Crippen molar-refractivity contribution in [3.8, 4) is 0 Å². The molecule has 0 bridgehead atoms. The van der Waals surface area contributed by atoms with Crippen molar-refractivity contribution in [1.29, 1.82) is 0 Å². The highest BCUT2D eigenvalue weighted by molar-refractivity contribution is 4.65. The van der Waals surface area contributed by atoms with Gasteiger partial charge in [-0.1, -0.05) is 13.8 Å². The monoisotopic (exact) mass is 145 g/mol. The highest BCUT2D eigenvalue weighted by atomic mass is 16.3. The number of aliphatic hydroxyl groups is 1. The maximum absolute atomic E-state index is 8.90. The van der Waals surface area contributed by atoms with Crippen molar-refractivity contribution in [1.82, 2.24) is 4.90 Å². The Labute approximate surface area is 63.8 Å². The number of rotatable bonds is 4. The predicted molar refractivity (Wildman–Crippen MR) is 44.0 cm³/mol. The largest absolute Gasteiger partial charge is 0.395 e.